The highest BCUT2D eigenvalue weighted by Gasteiger charge is 2.15. The van der Waals surface area contributed by atoms with Crippen molar-refractivity contribution in [3.63, 3.8) is 0 Å². The van der Waals surface area contributed by atoms with Crippen molar-refractivity contribution >= 4 is 11.9 Å². The number of hydrogen-bond donors (Lipinski definition) is 1. The van der Waals surface area contributed by atoms with E-state index in [1.54, 1.807) is 6.07 Å². The maximum atomic E-state index is 12.1. The topological polar surface area (TPSA) is 81.9 Å². The highest BCUT2D eigenvalue weighted by Crippen LogP contribution is 2.25. The van der Waals surface area contributed by atoms with Crippen molar-refractivity contribution in [1.82, 2.24) is 20.2 Å². The molecule has 0 atom stereocenters. The zero-order valence-corrected chi connectivity index (χ0v) is 11.2. The Morgan fingerprint density at radius 1 is 1.50 bits per heavy atom. The minimum Gasteiger partial charge on any atom is -0.493 e. The summed E-state index contributed by atoms with van der Waals surface area (Å²) < 4.78 is 5.52. The average molecular weight is 273 g/mol. The van der Waals surface area contributed by atoms with Gasteiger partial charge in [-0.05, 0) is 48.7 Å². The molecule has 7 nitrogen and oxygen atoms in total. The standard InChI is InChI=1S/C13H15N5O2/c1-2-18-16-13(15-17-18)14-12(19)10-5-6-11-9(8-10)4-3-7-20-11/h5-6,8H,2-4,7H2,1H3,(H,14,16,19). The zero-order chi connectivity index (χ0) is 13.9. The van der Waals surface area contributed by atoms with Gasteiger partial charge in [-0.1, -0.05) is 5.10 Å². The summed E-state index contributed by atoms with van der Waals surface area (Å²) in [5, 5.41) is 14.2. The smallest absolute Gasteiger partial charge is 0.270 e. The van der Waals surface area contributed by atoms with Gasteiger partial charge in [0.15, 0.2) is 0 Å². The number of fused-ring (bicyclic) bond motifs is 1. The average Bonchev–Trinajstić information content (AvgIpc) is 2.94. The predicted molar refractivity (Wildman–Crippen MR) is 71.7 cm³/mol. The SMILES string of the molecule is CCn1nnc(NC(=O)c2ccc3c(c2)CCCO3)n1. The van der Waals surface area contributed by atoms with Gasteiger partial charge in [-0.15, -0.1) is 5.10 Å². The Bertz CT molecular complexity index is 637. The summed E-state index contributed by atoms with van der Waals surface area (Å²) in [6.07, 6.45) is 1.91. The van der Waals surface area contributed by atoms with Crippen molar-refractivity contribution in [2.24, 2.45) is 0 Å². The highest BCUT2D eigenvalue weighted by atomic mass is 16.5. The number of carbonyl (C=O) groups excluding carboxylic acids is 1. The number of nitrogens with zero attached hydrogens (tertiary/aromatic N) is 4. The van der Waals surface area contributed by atoms with Gasteiger partial charge in [0.25, 0.3) is 11.9 Å². The molecule has 0 radical (unpaired) electrons. The van der Waals surface area contributed by atoms with Crippen LogP contribution in [0.15, 0.2) is 18.2 Å². The van der Waals surface area contributed by atoms with Crippen LogP contribution in [0.4, 0.5) is 5.95 Å². The Morgan fingerprint density at radius 3 is 3.20 bits per heavy atom. The number of rotatable bonds is 3. The van der Waals surface area contributed by atoms with Gasteiger partial charge in [-0.25, -0.2) is 0 Å². The summed E-state index contributed by atoms with van der Waals surface area (Å²) in [5.74, 6) is 0.836. The van der Waals surface area contributed by atoms with Crippen LogP contribution >= 0.6 is 0 Å². The first-order valence-corrected chi connectivity index (χ1v) is 6.61. The number of nitrogens with one attached hydrogen (secondary N) is 1. The molecule has 0 saturated carbocycles. The molecule has 1 aliphatic heterocycles. The van der Waals surface area contributed by atoms with Crippen molar-refractivity contribution in [3.05, 3.63) is 29.3 Å². The van der Waals surface area contributed by atoms with E-state index < -0.39 is 0 Å². The van der Waals surface area contributed by atoms with Crippen molar-refractivity contribution in [3.8, 4) is 5.75 Å². The van der Waals surface area contributed by atoms with Crippen LogP contribution in [-0.2, 0) is 13.0 Å². The molecule has 104 valence electrons. The number of aryl methyl sites for hydroxylation is 2. The number of aromatic nitrogens is 4. The third-order valence-electron chi connectivity index (χ3n) is 3.13. The number of tetrazole rings is 1. The second-order valence-electron chi connectivity index (χ2n) is 4.53. The highest BCUT2D eigenvalue weighted by molar-refractivity contribution is 6.03. The molecular weight excluding hydrogens is 258 g/mol. The van der Waals surface area contributed by atoms with Crippen LogP contribution in [0.2, 0.25) is 0 Å². The third kappa shape index (κ3) is 2.47. The van der Waals surface area contributed by atoms with E-state index in [2.05, 4.69) is 20.7 Å². The molecule has 0 aliphatic carbocycles. The minimum absolute atomic E-state index is 0.214. The van der Waals surface area contributed by atoms with E-state index in [9.17, 15) is 4.79 Å². The van der Waals surface area contributed by atoms with E-state index in [0.29, 0.717) is 12.1 Å². The van der Waals surface area contributed by atoms with Crippen LogP contribution in [0, 0.1) is 0 Å². The second-order valence-corrected chi connectivity index (χ2v) is 4.53. The second kappa shape index (κ2) is 5.28. The van der Waals surface area contributed by atoms with Crippen LogP contribution < -0.4 is 10.1 Å². The Balaban J connectivity index is 1.76. The lowest BCUT2D eigenvalue weighted by molar-refractivity contribution is 0.102. The molecule has 0 unspecified atom stereocenters. The summed E-state index contributed by atoms with van der Waals surface area (Å²) in [7, 11) is 0. The fourth-order valence-corrected chi connectivity index (χ4v) is 2.10. The van der Waals surface area contributed by atoms with Gasteiger partial charge in [0.2, 0.25) is 0 Å². The fourth-order valence-electron chi connectivity index (χ4n) is 2.10. The molecule has 3 rings (SSSR count). The lowest BCUT2D eigenvalue weighted by Gasteiger charge is -2.17. The molecule has 2 aromatic rings. The Hall–Kier alpha value is -2.44. The maximum Gasteiger partial charge on any atom is 0.270 e. The van der Waals surface area contributed by atoms with Gasteiger partial charge < -0.3 is 4.74 Å². The van der Waals surface area contributed by atoms with Crippen LogP contribution in [0.3, 0.4) is 0 Å². The first-order valence-electron chi connectivity index (χ1n) is 6.61. The molecular formula is C13H15N5O2. The Morgan fingerprint density at radius 2 is 2.40 bits per heavy atom. The monoisotopic (exact) mass is 273 g/mol. The van der Waals surface area contributed by atoms with Crippen molar-refractivity contribution < 1.29 is 9.53 Å². The van der Waals surface area contributed by atoms with E-state index in [1.165, 1.54) is 4.80 Å². The van der Waals surface area contributed by atoms with Gasteiger partial charge in [-0.2, -0.15) is 4.80 Å². The maximum absolute atomic E-state index is 12.1. The third-order valence-corrected chi connectivity index (χ3v) is 3.13. The largest absolute Gasteiger partial charge is 0.493 e. The van der Waals surface area contributed by atoms with E-state index in [0.717, 1.165) is 30.8 Å². The molecule has 1 aliphatic rings. The van der Waals surface area contributed by atoms with Gasteiger partial charge in [-0.3, -0.25) is 10.1 Å². The number of hydrogen-bond acceptors (Lipinski definition) is 5. The quantitative estimate of drug-likeness (QED) is 0.910. The molecule has 1 aromatic carbocycles. The van der Waals surface area contributed by atoms with Gasteiger partial charge >= 0.3 is 0 Å². The van der Waals surface area contributed by atoms with Crippen LogP contribution in [-0.4, -0.2) is 32.7 Å². The molecule has 7 heteroatoms. The molecule has 0 saturated heterocycles. The number of carbonyl (C=O) groups is 1. The van der Waals surface area contributed by atoms with Gasteiger partial charge in [0, 0.05) is 5.56 Å². The number of ether oxygens (including phenoxy) is 1. The molecule has 1 amide bonds. The van der Waals surface area contributed by atoms with E-state index in [1.807, 2.05) is 19.1 Å². The lowest BCUT2D eigenvalue weighted by atomic mass is 10.0. The first-order chi connectivity index (χ1) is 9.76. The van der Waals surface area contributed by atoms with Crippen molar-refractivity contribution in [1.29, 1.82) is 0 Å². The Kier molecular flexibility index (Phi) is 3.32. The summed E-state index contributed by atoms with van der Waals surface area (Å²) in [6, 6.07) is 5.43. The molecule has 0 fully saturated rings. The van der Waals surface area contributed by atoms with Gasteiger partial charge in [0.1, 0.15) is 5.75 Å². The zero-order valence-electron chi connectivity index (χ0n) is 11.2. The van der Waals surface area contributed by atoms with Crippen LogP contribution in [0.5, 0.6) is 5.75 Å². The van der Waals surface area contributed by atoms with Gasteiger partial charge in [0.05, 0.1) is 13.2 Å². The normalized spacial score (nSPS) is 13.4. The molecule has 0 spiro atoms. The van der Waals surface area contributed by atoms with E-state index >= 15 is 0 Å². The first kappa shape index (κ1) is 12.6. The summed E-state index contributed by atoms with van der Waals surface area (Å²) in [5.41, 5.74) is 1.64. The predicted octanol–water partition coefficient (Wildman–Crippen LogP) is 1.27. The molecule has 1 N–H and O–H groups in total. The number of benzene rings is 1. The summed E-state index contributed by atoms with van der Waals surface area (Å²) in [6.45, 7) is 3.25. The minimum atomic E-state index is -0.242. The van der Waals surface area contributed by atoms with Crippen molar-refractivity contribution in [2.45, 2.75) is 26.3 Å². The molecule has 2 heterocycles. The molecule has 1 aromatic heterocycles. The summed E-state index contributed by atoms with van der Waals surface area (Å²) >= 11 is 0. The molecule has 20 heavy (non-hydrogen) atoms. The number of amides is 1. The van der Waals surface area contributed by atoms with Crippen LogP contribution in [0.25, 0.3) is 0 Å². The Labute approximate surface area is 115 Å². The summed E-state index contributed by atoms with van der Waals surface area (Å²) in [4.78, 5) is 13.5. The fraction of sp³-hybridized carbons (Fsp3) is 0.385. The van der Waals surface area contributed by atoms with Crippen LogP contribution in [0.1, 0.15) is 29.3 Å². The lowest BCUT2D eigenvalue weighted by Crippen LogP contribution is -2.15. The van der Waals surface area contributed by atoms with E-state index in [4.69, 9.17) is 4.74 Å². The van der Waals surface area contributed by atoms with Crippen molar-refractivity contribution in [2.75, 3.05) is 11.9 Å². The number of anilines is 1. The molecule has 0 bridgehead atoms. The van der Waals surface area contributed by atoms with E-state index in [-0.39, 0.29) is 11.9 Å².